The first-order valence-electron chi connectivity index (χ1n) is 12.1. The fourth-order valence-electron chi connectivity index (χ4n) is 4.51. The maximum Gasteiger partial charge on any atom is 0.132 e. The third kappa shape index (κ3) is 4.59. The van der Waals surface area contributed by atoms with Gasteiger partial charge in [-0.3, -0.25) is 0 Å². The van der Waals surface area contributed by atoms with E-state index in [-0.39, 0.29) is 5.82 Å². The van der Waals surface area contributed by atoms with E-state index in [0.29, 0.717) is 11.5 Å². The summed E-state index contributed by atoms with van der Waals surface area (Å²) in [5.41, 5.74) is 7.58. The van der Waals surface area contributed by atoms with Crippen molar-refractivity contribution >= 4 is 54.8 Å². The SMILES string of the molecule is C#Cc1ccc(-c2ccc(-c3cc4sc(-c5ccc(CCC(C)C)cc5F)cc4s3)c3nsnc23)cc1. The van der Waals surface area contributed by atoms with Crippen LogP contribution >= 0.6 is 34.4 Å². The molecule has 37 heavy (non-hydrogen) atoms. The minimum absolute atomic E-state index is 0.142. The molecule has 0 saturated carbocycles. The van der Waals surface area contributed by atoms with Gasteiger partial charge in [-0.15, -0.1) is 29.1 Å². The van der Waals surface area contributed by atoms with Crippen molar-refractivity contribution < 1.29 is 4.39 Å². The Morgan fingerprint density at radius 1 is 0.811 bits per heavy atom. The standard InChI is InChI=1S/C31H23FN2S3/c1-4-19-7-10-21(11-8-19)22-13-14-24(31-30(22)33-37-34-31)27-17-29-28(36-27)16-26(35-29)23-12-9-20(15-25(23)32)6-5-18(2)3/h1,7-18H,5-6H2,2-3H3. The minimum atomic E-state index is -0.142. The summed E-state index contributed by atoms with van der Waals surface area (Å²) in [6.07, 6.45) is 7.48. The van der Waals surface area contributed by atoms with Crippen molar-refractivity contribution in [3.8, 4) is 44.4 Å². The van der Waals surface area contributed by atoms with Crippen molar-refractivity contribution in [3.05, 3.63) is 83.7 Å². The van der Waals surface area contributed by atoms with Gasteiger partial charge in [-0.1, -0.05) is 56.2 Å². The molecular formula is C31H23FN2S3. The van der Waals surface area contributed by atoms with E-state index in [0.717, 1.165) is 70.8 Å². The van der Waals surface area contributed by atoms with E-state index in [4.69, 9.17) is 6.42 Å². The molecular weight excluding hydrogens is 516 g/mol. The summed E-state index contributed by atoms with van der Waals surface area (Å²) in [5, 5.41) is 0. The molecule has 6 aromatic rings. The maximum atomic E-state index is 15.0. The number of hydrogen-bond donors (Lipinski definition) is 0. The molecule has 0 unspecified atom stereocenters. The van der Waals surface area contributed by atoms with Gasteiger partial charge in [0.1, 0.15) is 16.9 Å². The number of benzene rings is 3. The topological polar surface area (TPSA) is 25.8 Å². The van der Waals surface area contributed by atoms with Gasteiger partial charge in [-0.2, -0.15) is 8.75 Å². The lowest BCUT2D eigenvalue weighted by Crippen LogP contribution is -1.93. The van der Waals surface area contributed by atoms with E-state index in [9.17, 15) is 4.39 Å². The van der Waals surface area contributed by atoms with Crippen molar-refractivity contribution in [3.63, 3.8) is 0 Å². The van der Waals surface area contributed by atoms with Crippen LogP contribution in [0.1, 0.15) is 31.4 Å². The lowest BCUT2D eigenvalue weighted by Gasteiger charge is -2.07. The maximum absolute atomic E-state index is 15.0. The van der Waals surface area contributed by atoms with Gasteiger partial charge >= 0.3 is 0 Å². The Morgan fingerprint density at radius 2 is 1.43 bits per heavy atom. The molecule has 0 bridgehead atoms. The van der Waals surface area contributed by atoms with Gasteiger partial charge in [0.15, 0.2) is 0 Å². The minimum Gasteiger partial charge on any atom is -0.206 e. The van der Waals surface area contributed by atoms with Crippen LogP contribution in [0.15, 0.2) is 66.7 Å². The summed E-state index contributed by atoms with van der Waals surface area (Å²) < 4.78 is 26.6. The number of hydrogen-bond acceptors (Lipinski definition) is 5. The lowest BCUT2D eigenvalue weighted by molar-refractivity contribution is 0.582. The summed E-state index contributed by atoms with van der Waals surface area (Å²) >= 11 is 4.58. The predicted molar refractivity (Wildman–Crippen MR) is 158 cm³/mol. The Hall–Kier alpha value is -3.37. The molecule has 3 aromatic heterocycles. The van der Waals surface area contributed by atoms with Crippen molar-refractivity contribution in [1.29, 1.82) is 0 Å². The number of rotatable bonds is 6. The zero-order valence-corrected chi connectivity index (χ0v) is 22.9. The van der Waals surface area contributed by atoms with Crippen LogP contribution in [0, 0.1) is 24.1 Å². The van der Waals surface area contributed by atoms with E-state index < -0.39 is 0 Å². The molecule has 0 amide bonds. The first-order chi connectivity index (χ1) is 18.0. The highest BCUT2D eigenvalue weighted by molar-refractivity contribution is 7.31. The van der Waals surface area contributed by atoms with E-state index >= 15 is 0 Å². The zero-order chi connectivity index (χ0) is 25.5. The Balaban J connectivity index is 1.32. The number of terminal acetylenes is 1. The second kappa shape index (κ2) is 9.83. The third-order valence-corrected chi connectivity index (χ3v) is 9.45. The zero-order valence-electron chi connectivity index (χ0n) is 20.4. The molecule has 3 heterocycles. The number of nitrogens with zero attached hydrogens (tertiary/aromatic N) is 2. The molecule has 6 rings (SSSR count). The number of thiophene rings is 2. The molecule has 3 aromatic carbocycles. The molecule has 0 aliphatic carbocycles. The largest absolute Gasteiger partial charge is 0.206 e. The van der Waals surface area contributed by atoms with Crippen molar-refractivity contribution in [2.24, 2.45) is 5.92 Å². The Bertz CT molecular complexity index is 1750. The van der Waals surface area contributed by atoms with Crippen molar-refractivity contribution in [2.75, 3.05) is 0 Å². The second-order valence-electron chi connectivity index (χ2n) is 9.54. The highest BCUT2D eigenvalue weighted by Gasteiger charge is 2.17. The van der Waals surface area contributed by atoms with Crippen LogP contribution in [-0.4, -0.2) is 8.75 Å². The summed E-state index contributed by atoms with van der Waals surface area (Å²) in [6.45, 7) is 4.39. The van der Waals surface area contributed by atoms with E-state index in [1.54, 1.807) is 28.7 Å². The smallest absolute Gasteiger partial charge is 0.132 e. The van der Waals surface area contributed by atoms with Crippen LogP contribution in [0.2, 0.25) is 0 Å². The Kier molecular flexibility index (Phi) is 6.37. The monoisotopic (exact) mass is 538 g/mol. The van der Waals surface area contributed by atoms with Crippen molar-refractivity contribution in [1.82, 2.24) is 8.75 Å². The molecule has 0 saturated heterocycles. The van der Waals surface area contributed by atoms with Gasteiger partial charge in [0.25, 0.3) is 0 Å². The molecule has 0 N–H and O–H groups in total. The summed E-state index contributed by atoms with van der Waals surface area (Å²) in [7, 11) is 0. The fourth-order valence-corrected chi connectivity index (χ4v) is 7.54. The first kappa shape index (κ1) is 24.0. The van der Waals surface area contributed by atoms with Gasteiger partial charge < -0.3 is 0 Å². The normalized spacial score (nSPS) is 11.5. The fraction of sp³-hybridized carbons (Fsp3) is 0.161. The molecule has 2 nitrogen and oxygen atoms in total. The highest BCUT2D eigenvalue weighted by Crippen LogP contribution is 2.44. The van der Waals surface area contributed by atoms with Crippen LogP contribution in [0.25, 0.3) is 52.4 Å². The Morgan fingerprint density at radius 3 is 2.08 bits per heavy atom. The van der Waals surface area contributed by atoms with Gasteiger partial charge in [0.2, 0.25) is 0 Å². The number of aromatic nitrogens is 2. The number of halogens is 1. The Labute approximate surface area is 227 Å². The molecule has 0 atom stereocenters. The lowest BCUT2D eigenvalue weighted by atomic mass is 10.00. The van der Waals surface area contributed by atoms with Gasteiger partial charge in [0.05, 0.1) is 11.7 Å². The van der Waals surface area contributed by atoms with Crippen LogP contribution in [0.5, 0.6) is 0 Å². The average molecular weight is 539 g/mol. The van der Waals surface area contributed by atoms with Gasteiger partial charge in [-0.25, -0.2) is 4.39 Å². The molecule has 182 valence electrons. The van der Waals surface area contributed by atoms with Crippen molar-refractivity contribution in [2.45, 2.75) is 26.7 Å². The van der Waals surface area contributed by atoms with Gasteiger partial charge in [0, 0.05) is 41.4 Å². The quantitative estimate of drug-likeness (QED) is 0.197. The molecule has 0 radical (unpaired) electrons. The average Bonchev–Trinajstić information content (AvgIpc) is 3.62. The van der Waals surface area contributed by atoms with E-state index in [2.05, 4.69) is 58.8 Å². The summed E-state index contributed by atoms with van der Waals surface area (Å²) in [6, 6.07) is 22.2. The number of fused-ring (bicyclic) bond motifs is 2. The van der Waals surface area contributed by atoms with Crippen LogP contribution in [0.3, 0.4) is 0 Å². The van der Waals surface area contributed by atoms with Gasteiger partial charge in [-0.05, 0) is 60.2 Å². The highest BCUT2D eigenvalue weighted by atomic mass is 32.1. The third-order valence-electron chi connectivity index (χ3n) is 6.56. The summed E-state index contributed by atoms with van der Waals surface area (Å²) in [4.78, 5) is 2.11. The van der Waals surface area contributed by atoms with E-state index in [1.807, 2.05) is 30.3 Å². The first-order valence-corrected chi connectivity index (χ1v) is 14.5. The molecule has 0 aliphatic heterocycles. The summed E-state index contributed by atoms with van der Waals surface area (Å²) in [5.74, 6) is 3.13. The van der Waals surface area contributed by atoms with Crippen LogP contribution < -0.4 is 0 Å². The van der Waals surface area contributed by atoms with E-state index in [1.165, 1.54) is 11.7 Å². The second-order valence-corrected chi connectivity index (χ2v) is 12.2. The molecule has 0 spiro atoms. The molecule has 6 heteroatoms. The molecule has 0 aliphatic rings. The molecule has 0 fully saturated rings. The van der Waals surface area contributed by atoms with Crippen LogP contribution in [-0.2, 0) is 6.42 Å². The number of aryl methyl sites for hydroxylation is 1. The predicted octanol–water partition coefficient (Wildman–Crippen LogP) is 9.68. The van der Waals surface area contributed by atoms with Crippen LogP contribution in [0.4, 0.5) is 4.39 Å².